The van der Waals surface area contributed by atoms with Crippen LogP contribution < -0.4 is 4.74 Å². The number of benzene rings is 2. The summed E-state index contributed by atoms with van der Waals surface area (Å²) in [7, 11) is 3.56. The lowest BCUT2D eigenvalue weighted by Gasteiger charge is -2.04. The number of hydrogen-bond donors (Lipinski definition) is 0. The highest BCUT2D eigenvalue weighted by Gasteiger charge is 2.15. The molecular weight excluding hydrogens is 250 g/mol. The number of carbonyl (C=O) groups is 1. The SMILES string of the molecule is COc1ccc(-c2c(C=O)n(C)c3ccccc23)cc1. The predicted octanol–water partition coefficient (Wildman–Crippen LogP) is 3.67. The maximum atomic E-state index is 11.5. The van der Waals surface area contributed by atoms with E-state index >= 15 is 0 Å². The van der Waals surface area contributed by atoms with Gasteiger partial charge in [-0.2, -0.15) is 0 Å². The molecule has 0 aliphatic heterocycles. The van der Waals surface area contributed by atoms with Gasteiger partial charge in [0.15, 0.2) is 6.29 Å². The molecule has 3 heteroatoms. The van der Waals surface area contributed by atoms with Crippen LogP contribution >= 0.6 is 0 Å². The number of carbonyl (C=O) groups excluding carboxylic acids is 1. The van der Waals surface area contributed by atoms with Crippen molar-refractivity contribution in [1.82, 2.24) is 4.57 Å². The number of methoxy groups -OCH3 is 1. The zero-order chi connectivity index (χ0) is 14.1. The Kier molecular flexibility index (Phi) is 3.03. The Hall–Kier alpha value is -2.55. The first-order valence-corrected chi connectivity index (χ1v) is 6.43. The number of aryl methyl sites for hydroxylation is 1. The van der Waals surface area contributed by atoms with Crippen molar-refractivity contribution < 1.29 is 9.53 Å². The van der Waals surface area contributed by atoms with Crippen LogP contribution in [0.15, 0.2) is 48.5 Å². The molecule has 0 spiro atoms. The molecule has 1 aromatic heterocycles. The molecule has 0 atom stereocenters. The molecule has 0 bridgehead atoms. The van der Waals surface area contributed by atoms with Gasteiger partial charge in [0.2, 0.25) is 0 Å². The molecule has 0 amide bonds. The highest BCUT2D eigenvalue weighted by Crippen LogP contribution is 2.34. The summed E-state index contributed by atoms with van der Waals surface area (Å²) >= 11 is 0. The Morgan fingerprint density at radius 2 is 1.75 bits per heavy atom. The van der Waals surface area contributed by atoms with E-state index in [4.69, 9.17) is 4.74 Å². The summed E-state index contributed by atoms with van der Waals surface area (Å²) in [6.45, 7) is 0. The van der Waals surface area contributed by atoms with Crippen molar-refractivity contribution in [2.24, 2.45) is 7.05 Å². The Morgan fingerprint density at radius 1 is 1.05 bits per heavy atom. The van der Waals surface area contributed by atoms with E-state index in [2.05, 4.69) is 0 Å². The van der Waals surface area contributed by atoms with Crippen molar-refractivity contribution in [3.8, 4) is 16.9 Å². The van der Waals surface area contributed by atoms with Gasteiger partial charge in [0.05, 0.1) is 12.8 Å². The van der Waals surface area contributed by atoms with Crippen molar-refractivity contribution in [1.29, 1.82) is 0 Å². The van der Waals surface area contributed by atoms with E-state index in [0.29, 0.717) is 5.69 Å². The number of para-hydroxylation sites is 1. The molecule has 0 saturated carbocycles. The molecule has 0 fully saturated rings. The van der Waals surface area contributed by atoms with E-state index in [1.54, 1.807) is 7.11 Å². The third-order valence-corrected chi connectivity index (χ3v) is 3.64. The summed E-state index contributed by atoms with van der Waals surface area (Å²) in [5.41, 5.74) is 3.74. The maximum absolute atomic E-state index is 11.5. The molecule has 0 saturated heterocycles. The number of aromatic nitrogens is 1. The Bertz CT molecular complexity index is 770. The molecule has 3 aromatic rings. The molecule has 3 rings (SSSR count). The van der Waals surface area contributed by atoms with E-state index in [1.807, 2.05) is 60.1 Å². The minimum absolute atomic E-state index is 0.691. The zero-order valence-electron chi connectivity index (χ0n) is 11.5. The lowest BCUT2D eigenvalue weighted by Crippen LogP contribution is -1.95. The Morgan fingerprint density at radius 3 is 2.40 bits per heavy atom. The van der Waals surface area contributed by atoms with Crippen LogP contribution in [0.2, 0.25) is 0 Å². The van der Waals surface area contributed by atoms with Crippen LogP contribution in [0.5, 0.6) is 5.75 Å². The van der Waals surface area contributed by atoms with Gasteiger partial charge in [-0.15, -0.1) is 0 Å². The van der Waals surface area contributed by atoms with Crippen LogP contribution in [0.4, 0.5) is 0 Å². The predicted molar refractivity (Wildman–Crippen MR) is 80.3 cm³/mol. The Balaban J connectivity index is 2.31. The monoisotopic (exact) mass is 265 g/mol. The Labute approximate surface area is 117 Å². The molecular formula is C17H15NO2. The average molecular weight is 265 g/mol. The van der Waals surface area contributed by atoms with Crippen LogP contribution in [0.25, 0.3) is 22.0 Å². The number of rotatable bonds is 3. The van der Waals surface area contributed by atoms with Gasteiger partial charge in [0.1, 0.15) is 5.75 Å². The number of aldehydes is 1. The largest absolute Gasteiger partial charge is 0.497 e. The van der Waals surface area contributed by atoms with Crippen molar-refractivity contribution in [2.75, 3.05) is 7.11 Å². The van der Waals surface area contributed by atoms with E-state index < -0.39 is 0 Å². The van der Waals surface area contributed by atoms with E-state index in [-0.39, 0.29) is 0 Å². The van der Waals surface area contributed by atoms with Crippen LogP contribution in [0.3, 0.4) is 0 Å². The molecule has 1 heterocycles. The minimum Gasteiger partial charge on any atom is -0.497 e. The van der Waals surface area contributed by atoms with Gasteiger partial charge in [0, 0.05) is 23.5 Å². The first-order valence-electron chi connectivity index (χ1n) is 6.43. The van der Waals surface area contributed by atoms with Crippen LogP contribution in [0.1, 0.15) is 10.5 Å². The normalized spacial score (nSPS) is 10.7. The second-order valence-electron chi connectivity index (χ2n) is 4.68. The lowest BCUT2D eigenvalue weighted by atomic mass is 10.0. The van der Waals surface area contributed by atoms with Gasteiger partial charge in [-0.1, -0.05) is 30.3 Å². The summed E-state index contributed by atoms with van der Waals surface area (Å²) in [6, 6.07) is 15.8. The second kappa shape index (κ2) is 4.85. The molecule has 0 aliphatic rings. The van der Waals surface area contributed by atoms with Crippen LogP contribution in [-0.2, 0) is 7.05 Å². The fraction of sp³-hybridized carbons (Fsp3) is 0.118. The van der Waals surface area contributed by atoms with Gasteiger partial charge >= 0.3 is 0 Å². The quantitative estimate of drug-likeness (QED) is 0.677. The van der Waals surface area contributed by atoms with Gasteiger partial charge in [-0.3, -0.25) is 4.79 Å². The average Bonchev–Trinajstić information content (AvgIpc) is 2.80. The molecule has 0 unspecified atom stereocenters. The van der Waals surface area contributed by atoms with Crippen molar-refractivity contribution >= 4 is 17.2 Å². The molecule has 2 aromatic carbocycles. The van der Waals surface area contributed by atoms with Gasteiger partial charge < -0.3 is 9.30 Å². The lowest BCUT2D eigenvalue weighted by molar-refractivity contribution is 0.111. The molecule has 0 N–H and O–H groups in total. The molecule has 100 valence electrons. The summed E-state index contributed by atoms with van der Waals surface area (Å²) in [4.78, 5) is 11.5. The van der Waals surface area contributed by atoms with Crippen LogP contribution in [-0.4, -0.2) is 18.0 Å². The number of hydrogen-bond acceptors (Lipinski definition) is 2. The molecule has 3 nitrogen and oxygen atoms in total. The first kappa shape index (κ1) is 12.5. The smallest absolute Gasteiger partial charge is 0.167 e. The molecule has 0 radical (unpaired) electrons. The minimum atomic E-state index is 0.691. The summed E-state index contributed by atoms with van der Waals surface area (Å²) in [6.07, 6.45) is 0.916. The standard InChI is InChI=1S/C17H15NO2/c1-18-15-6-4-3-5-14(15)17(16(18)11-19)12-7-9-13(20-2)10-8-12/h3-11H,1-2H3. The third kappa shape index (κ3) is 1.79. The zero-order valence-corrected chi connectivity index (χ0v) is 11.5. The summed E-state index contributed by atoms with van der Waals surface area (Å²) in [5, 5.41) is 1.09. The number of fused-ring (bicyclic) bond motifs is 1. The number of ether oxygens (including phenoxy) is 1. The number of nitrogens with zero attached hydrogens (tertiary/aromatic N) is 1. The first-order chi connectivity index (χ1) is 9.76. The topological polar surface area (TPSA) is 31.2 Å². The van der Waals surface area contributed by atoms with Gasteiger partial charge in [-0.25, -0.2) is 0 Å². The van der Waals surface area contributed by atoms with Gasteiger partial charge in [-0.05, 0) is 23.8 Å². The van der Waals surface area contributed by atoms with Crippen LogP contribution in [0, 0.1) is 0 Å². The van der Waals surface area contributed by atoms with Crippen molar-refractivity contribution in [3.63, 3.8) is 0 Å². The highest BCUT2D eigenvalue weighted by atomic mass is 16.5. The summed E-state index contributed by atoms with van der Waals surface area (Å²) in [5.74, 6) is 0.807. The van der Waals surface area contributed by atoms with Crippen molar-refractivity contribution in [2.45, 2.75) is 0 Å². The summed E-state index contributed by atoms with van der Waals surface area (Å²) < 4.78 is 7.11. The third-order valence-electron chi connectivity index (χ3n) is 3.64. The fourth-order valence-corrected chi connectivity index (χ4v) is 2.61. The highest BCUT2D eigenvalue weighted by molar-refractivity contribution is 6.04. The van der Waals surface area contributed by atoms with E-state index in [1.165, 1.54) is 0 Å². The second-order valence-corrected chi connectivity index (χ2v) is 4.68. The molecule has 20 heavy (non-hydrogen) atoms. The fourth-order valence-electron chi connectivity index (χ4n) is 2.61. The van der Waals surface area contributed by atoms with E-state index in [0.717, 1.165) is 34.1 Å². The molecule has 0 aliphatic carbocycles. The maximum Gasteiger partial charge on any atom is 0.167 e. The van der Waals surface area contributed by atoms with E-state index in [9.17, 15) is 4.79 Å². The van der Waals surface area contributed by atoms with Gasteiger partial charge in [0.25, 0.3) is 0 Å². The van der Waals surface area contributed by atoms with Crippen molar-refractivity contribution in [3.05, 3.63) is 54.2 Å².